The fraction of sp³-hybridized carbons (Fsp3) is 0.552. The molecule has 0 aromatic heterocycles. The first-order valence-corrected chi connectivity index (χ1v) is 13.4. The van der Waals surface area contributed by atoms with Crippen LogP contribution in [-0.2, 0) is 0 Å². The summed E-state index contributed by atoms with van der Waals surface area (Å²) < 4.78 is 6.31. The van der Waals surface area contributed by atoms with Gasteiger partial charge in [-0.1, -0.05) is 107 Å². The number of unbranched alkanes of at least 4 members (excludes halogenated alkanes) is 9. The smallest absolute Gasteiger partial charge is 0.256 e. The molecule has 1 fully saturated rings. The monoisotopic (exact) mass is 501 g/mol. The third kappa shape index (κ3) is 10.2. The van der Waals surface area contributed by atoms with Crippen molar-refractivity contribution in [3.63, 3.8) is 0 Å². The largest absolute Gasteiger partial charge is 0.492 e. The summed E-state index contributed by atoms with van der Waals surface area (Å²) in [6.07, 6.45) is 12.8. The van der Waals surface area contributed by atoms with E-state index in [0.717, 1.165) is 37.2 Å². The summed E-state index contributed by atoms with van der Waals surface area (Å²) in [7, 11) is 0. The first-order valence-electron chi connectivity index (χ1n) is 13.4. The van der Waals surface area contributed by atoms with E-state index < -0.39 is 0 Å². The summed E-state index contributed by atoms with van der Waals surface area (Å²) >= 11 is 0. The van der Waals surface area contributed by atoms with E-state index >= 15 is 0 Å². The summed E-state index contributed by atoms with van der Waals surface area (Å²) in [6, 6.07) is 16.0. The quantitative estimate of drug-likeness (QED) is 0.250. The molecule has 1 unspecified atom stereocenters. The van der Waals surface area contributed by atoms with Crippen LogP contribution in [0.25, 0.3) is 11.1 Å². The number of carbonyl (C=O) groups is 1. The molecule has 1 saturated heterocycles. The van der Waals surface area contributed by atoms with Crippen molar-refractivity contribution in [2.24, 2.45) is 0 Å². The number of hydrogen-bond donors (Lipinski definition) is 3. The lowest BCUT2D eigenvalue weighted by atomic mass is 10.0. The molecule has 1 heterocycles. The van der Waals surface area contributed by atoms with Crippen LogP contribution in [-0.4, -0.2) is 38.3 Å². The van der Waals surface area contributed by atoms with Gasteiger partial charge >= 0.3 is 0 Å². The predicted octanol–water partition coefficient (Wildman–Crippen LogP) is 6.32. The molecule has 0 spiro atoms. The first kappa shape index (κ1) is 29.2. The number of amides is 1. The molecule has 0 aliphatic carbocycles. The molecule has 1 atom stereocenters. The molecule has 5 nitrogen and oxygen atoms in total. The van der Waals surface area contributed by atoms with E-state index in [1.54, 1.807) is 0 Å². The Morgan fingerprint density at radius 1 is 0.886 bits per heavy atom. The Hall–Kier alpha value is -2.08. The van der Waals surface area contributed by atoms with Crippen LogP contribution in [0.15, 0.2) is 48.5 Å². The van der Waals surface area contributed by atoms with Crippen LogP contribution >= 0.6 is 12.4 Å². The van der Waals surface area contributed by atoms with Crippen LogP contribution in [0.2, 0.25) is 0 Å². The van der Waals surface area contributed by atoms with E-state index in [1.807, 2.05) is 36.4 Å². The number of halogens is 1. The number of para-hydroxylation sites is 1. The number of nitrogens with one attached hydrogen (secondary N) is 3. The van der Waals surface area contributed by atoms with E-state index in [9.17, 15) is 4.79 Å². The number of benzene rings is 2. The van der Waals surface area contributed by atoms with Crippen molar-refractivity contribution in [2.45, 2.75) is 77.3 Å². The highest BCUT2D eigenvalue weighted by Gasteiger charge is 2.21. The lowest BCUT2D eigenvalue weighted by molar-refractivity contribution is 0.0920. The van der Waals surface area contributed by atoms with Gasteiger partial charge in [0.1, 0.15) is 5.75 Å². The number of hydrogen-bond acceptors (Lipinski definition) is 4. The first-order chi connectivity index (χ1) is 16.8. The minimum absolute atomic E-state index is 0. The summed E-state index contributed by atoms with van der Waals surface area (Å²) in [5.41, 5.74) is 2.63. The van der Waals surface area contributed by atoms with Gasteiger partial charge < -0.3 is 15.4 Å². The van der Waals surface area contributed by atoms with Gasteiger partial charge in [0.25, 0.3) is 5.91 Å². The van der Waals surface area contributed by atoms with Crippen molar-refractivity contribution in [3.8, 4) is 16.9 Å². The Balaban J connectivity index is 0.00000432. The van der Waals surface area contributed by atoms with E-state index in [2.05, 4.69) is 35.0 Å². The number of rotatable bonds is 15. The van der Waals surface area contributed by atoms with Gasteiger partial charge in [0.05, 0.1) is 18.3 Å². The third-order valence-corrected chi connectivity index (χ3v) is 6.44. The zero-order chi connectivity index (χ0) is 23.8. The molecule has 2 aromatic rings. The molecule has 35 heavy (non-hydrogen) atoms. The van der Waals surface area contributed by atoms with Crippen LogP contribution in [0.5, 0.6) is 5.75 Å². The summed E-state index contributed by atoms with van der Waals surface area (Å²) in [4.78, 5) is 13.2. The average molecular weight is 502 g/mol. The van der Waals surface area contributed by atoms with E-state index in [1.165, 1.54) is 57.8 Å². The molecule has 2 aromatic carbocycles. The Morgan fingerprint density at radius 3 is 2.23 bits per heavy atom. The van der Waals surface area contributed by atoms with E-state index in [4.69, 9.17) is 4.74 Å². The van der Waals surface area contributed by atoms with E-state index in [-0.39, 0.29) is 24.5 Å². The van der Waals surface area contributed by atoms with Gasteiger partial charge in [-0.05, 0) is 18.1 Å². The molecular formula is C29H44ClN3O2. The highest BCUT2D eigenvalue weighted by Crippen LogP contribution is 2.33. The average Bonchev–Trinajstić information content (AvgIpc) is 2.88. The molecule has 0 radical (unpaired) electrons. The van der Waals surface area contributed by atoms with Gasteiger partial charge in [-0.25, -0.2) is 0 Å². The lowest BCUT2D eigenvalue weighted by Gasteiger charge is -2.26. The normalized spacial score (nSPS) is 15.3. The van der Waals surface area contributed by atoms with Crippen LogP contribution < -0.4 is 20.7 Å². The number of ether oxygens (including phenoxy) is 1. The van der Waals surface area contributed by atoms with Crippen molar-refractivity contribution in [1.29, 1.82) is 0 Å². The second-order valence-corrected chi connectivity index (χ2v) is 9.26. The van der Waals surface area contributed by atoms with Gasteiger partial charge in [-0.2, -0.15) is 0 Å². The maximum atomic E-state index is 13.2. The number of piperazine rings is 1. The van der Waals surface area contributed by atoms with Gasteiger partial charge in [0.15, 0.2) is 0 Å². The third-order valence-electron chi connectivity index (χ3n) is 6.44. The number of carbonyl (C=O) groups excluding carboxylic acids is 1. The Labute approximate surface area is 218 Å². The maximum Gasteiger partial charge on any atom is 0.256 e. The fourth-order valence-electron chi connectivity index (χ4n) is 4.47. The highest BCUT2D eigenvalue weighted by atomic mass is 35.5. The molecule has 1 aliphatic rings. The van der Waals surface area contributed by atoms with Crippen LogP contribution in [0.1, 0.15) is 81.5 Å². The molecule has 0 saturated carbocycles. The second-order valence-electron chi connectivity index (χ2n) is 9.26. The zero-order valence-electron chi connectivity index (χ0n) is 21.3. The molecular weight excluding hydrogens is 458 g/mol. The van der Waals surface area contributed by atoms with Gasteiger partial charge in [0.2, 0.25) is 0 Å². The molecule has 3 N–H and O–H groups in total. The van der Waals surface area contributed by atoms with Crippen molar-refractivity contribution in [1.82, 2.24) is 16.0 Å². The van der Waals surface area contributed by atoms with Crippen molar-refractivity contribution in [3.05, 3.63) is 54.1 Å². The highest BCUT2D eigenvalue weighted by molar-refractivity contribution is 5.99. The van der Waals surface area contributed by atoms with Crippen molar-refractivity contribution < 1.29 is 9.53 Å². The molecule has 3 rings (SSSR count). The van der Waals surface area contributed by atoms with Gasteiger partial charge in [-0.3, -0.25) is 10.1 Å². The SMILES string of the molecule is CCCCCCCCCCCCOc1c(C(=O)NC2CNCCN2)cccc1-c1ccccc1.Cl. The predicted molar refractivity (Wildman–Crippen MR) is 149 cm³/mol. The molecule has 1 amide bonds. The van der Waals surface area contributed by atoms with Crippen LogP contribution in [0, 0.1) is 0 Å². The summed E-state index contributed by atoms with van der Waals surface area (Å²) in [5.74, 6) is 0.586. The molecule has 6 heteroatoms. The summed E-state index contributed by atoms with van der Waals surface area (Å²) in [6.45, 7) is 5.38. The Kier molecular flexibility index (Phi) is 14.5. The minimum Gasteiger partial charge on any atom is -0.492 e. The topological polar surface area (TPSA) is 62.4 Å². The fourth-order valence-corrected chi connectivity index (χ4v) is 4.47. The Morgan fingerprint density at radius 2 is 1.57 bits per heavy atom. The van der Waals surface area contributed by atoms with Crippen molar-refractivity contribution in [2.75, 3.05) is 26.2 Å². The van der Waals surface area contributed by atoms with Gasteiger partial charge in [0, 0.05) is 25.2 Å². The molecule has 0 bridgehead atoms. The molecule has 194 valence electrons. The van der Waals surface area contributed by atoms with Crippen LogP contribution in [0.3, 0.4) is 0 Å². The maximum absolute atomic E-state index is 13.2. The van der Waals surface area contributed by atoms with Crippen molar-refractivity contribution >= 4 is 18.3 Å². The molecule has 1 aliphatic heterocycles. The van der Waals surface area contributed by atoms with Crippen LogP contribution in [0.4, 0.5) is 0 Å². The second kappa shape index (κ2) is 17.4. The van der Waals surface area contributed by atoms with E-state index in [0.29, 0.717) is 17.9 Å². The van der Waals surface area contributed by atoms with Gasteiger partial charge in [-0.15, -0.1) is 12.4 Å². The lowest BCUT2D eigenvalue weighted by Crippen LogP contribution is -2.57. The standard InChI is InChI=1S/C29H43N3O2.ClH/c1-2-3-4-5-6-7-8-9-10-14-22-34-28-25(24-16-12-11-13-17-24)18-15-19-26(28)29(33)32-27-23-30-20-21-31-27;/h11-13,15-19,27,30-31H,2-10,14,20-23H2,1H3,(H,32,33);1H. The summed E-state index contributed by atoms with van der Waals surface area (Å²) in [5, 5.41) is 9.76. The Bertz CT molecular complexity index is 841. The minimum atomic E-state index is -0.0999. The zero-order valence-corrected chi connectivity index (χ0v) is 22.1.